The van der Waals surface area contributed by atoms with Gasteiger partial charge in [0, 0.05) is 0 Å². The van der Waals surface area contributed by atoms with E-state index in [4.69, 9.17) is 19.0 Å². The first kappa shape index (κ1) is 25.7. The number of aryl methyl sites for hydroxylation is 2. The van der Waals surface area contributed by atoms with E-state index in [1.807, 2.05) is 50.3 Å². The number of oxime groups is 1. The maximum Gasteiger partial charge on any atom is 0.125 e. The van der Waals surface area contributed by atoms with E-state index in [1.54, 1.807) is 7.11 Å². The molecule has 0 radical (unpaired) electrons. The molecule has 0 bridgehead atoms. The number of nitrogens with zero attached hydrogens (tertiary/aromatic N) is 1. The van der Waals surface area contributed by atoms with Gasteiger partial charge in [-0.15, -0.1) is 0 Å². The molecule has 0 spiro atoms. The number of allylic oxidation sites excluding steroid dienone is 1. The van der Waals surface area contributed by atoms with Gasteiger partial charge in [0.1, 0.15) is 31.0 Å². The van der Waals surface area contributed by atoms with Crippen LogP contribution in [0.3, 0.4) is 0 Å². The lowest BCUT2D eigenvalue weighted by molar-refractivity contribution is 0.147. The fourth-order valence-corrected chi connectivity index (χ4v) is 4.42. The van der Waals surface area contributed by atoms with Crippen molar-refractivity contribution in [2.45, 2.75) is 53.4 Å². The van der Waals surface area contributed by atoms with E-state index < -0.39 is 0 Å². The van der Waals surface area contributed by atoms with Crippen molar-refractivity contribution in [1.29, 1.82) is 0 Å². The summed E-state index contributed by atoms with van der Waals surface area (Å²) in [5, 5.41) is 3.97. The molecule has 5 nitrogen and oxygen atoms in total. The van der Waals surface area contributed by atoms with Crippen LogP contribution in [0, 0.1) is 25.7 Å². The topological polar surface area (TPSA) is 49.3 Å². The smallest absolute Gasteiger partial charge is 0.125 e. The molecule has 184 valence electrons. The zero-order valence-corrected chi connectivity index (χ0v) is 21.3. The minimum absolute atomic E-state index is 0.594. The van der Waals surface area contributed by atoms with E-state index in [0.29, 0.717) is 18.4 Å². The molecule has 1 fully saturated rings. The minimum atomic E-state index is 0.594. The number of ether oxygens (including phenoxy) is 3. The summed E-state index contributed by atoms with van der Waals surface area (Å²) < 4.78 is 18.1. The zero-order valence-electron chi connectivity index (χ0n) is 21.3. The molecule has 0 heterocycles. The van der Waals surface area contributed by atoms with Crippen LogP contribution < -0.4 is 14.2 Å². The zero-order chi connectivity index (χ0) is 24.3. The third kappa shape index (κ3) is 7.54. The molecule has 1 aliphatic carbocycles. The number of hydrogen-bond acceptors (Lipinski definition) is 5. The van der Waals surface area contributed by atoms with Gasteiger partial charge in [0.15, 0.2) is 0 Å². The van der Waals surface area contributed by atoms with Gasteiger partial charge in [0.05, 0.1) is 18.9 Å². The van der Waals surface area contributed by atoms with Crippen molar-refractivity contribution in [1.82, 2.24) is 0 Å². The maximum absolute atomic E-state index is 6.28. The molecule has 34 heavy (non-hydrogen) atoms. The van der Waals surface area contributed by atoms with Gasteiger partial charge in [-0.1, -0.05) is 17.3 Å². The second-order valence-corrected chi connectivity index (χ2v) is 9.16. The Morgan fingerprint density at radius 3 is 2.03 bits per heavy atom. The van der Waals surface area contributed by atoms with E-state index in [-0.39, 0.29) is 0 Å². The summed E-state index contributed by atoms with van der Waals surface area (Å²) in [5.41, 5.74) is 4.16. The van der Waals surface area contributed by atoms with E-state index in [1.165, 1.54) is 25.7 Å². The van der Waals surface area contributed by atoms with Crippen molar-refractivity contribution in [2.24, 2.45) is 17.0 Å². The fourth-order valence-electron chi connectivity index (χ4n) is 4.42. The van der Waals surface area contributed by atoms with Crippen molar-refractivity contribution in [2.75, 3.05) is 26.9 Å². The standard InChI is InChI=1S/C29H39NO4/c1-6-7-16-32-28-17-21(2)29(22(3)18-28)34-20-25-10-8-24(9-11-25)19-33-27-14-12-26(13-15-27)23(4)30-31-5/h6-7,12-15,17-18,24-25H,8-11,16,19-20H2,1-5H3/b7-6+,30-23+. The van der Waals surface area contributed by atoms with E-state index in [0.717, 1.165) is 52.9 Å². The summed E-state index contributed by atoms with van der Waals surface area (Å²) in [6.07, 6.45) is 8.73. The highest BCUT2D eigenvalue weighted by Crippen LogP contribution is 2.33. The molecular formula is C29H39NO4. The minimum Gasteiger partial charge on any atom is -0.493 e. The Hall–Kier alpha value is -2.95. The normalized spacial score (nSPS) is 18.7. The van der Waals surface area contributed by atoms with Crippen LogP contribution in [0.4, 0.5) is 0 Å². The molecule has 1 aliphatic rings. The third-order valence-corrected chi connectivity index (χ3v) is 6.43. The molecule has 0 aliphatic heterocycles. The first-order valence-electron chi connectivity index (χ1n) is 12.3. The van der Waals surface area contributed by atoms with Crippen molar-refractivity contribution in [3.05, 3.63) is 65.2 Å². The summed E-state index contributed by atoms with van der Waals surface area (Å²) in [4.78, 5) is 4.84. The molecule has 1 saturated carbocycles. The van der Waals surface area contributed by atoms with Crippen molar-refractivity contribution < 1.29 is 19.0 Å². The van der Waals surface area contributed by atoms with Crippen LogP contribution in [0.25, 0.3) is 0 Å². The highest BCUT2D eigenvalue weighted by atomic mass is 16.6. The fraction of sp³-hybridized carbons (Fsp3) is 0.483. The second-order valence-electron chi connectivity index (χ2n) is 9.16. The Balaban J connectivity index is 1.41. The van der Waals surface area contributed by atoms with Gasteiger partial charge in [-0.05, 0) is 118 Å². The average Bonchev–Trinajstić information content (AvgIpc) is 2.83. The number of hydrogen-bond donors (Lipinski definition) is 0. The molecule has 5 heteroatoms. The van der Waals surface area contributed by atoms with Crippen LogP contribution in [0.1, 0.15) is 56.2 Å². The number of benzene rings is 2. The van der Waals surface area contributed by atoms with Crippen LogP contribution in [-0.2, 0) is 4.84 Å². The molecule has 0 saturated heterocycles. The summed E-state index contributed by atoms with van der Waals surface area (Å²) >= 11 is 0. The number of rotatable bonds is 11. The SMILES string of the molecule is C/C=C/COc1cc(C)c(OCC2CCC(COc3ccc(/C(C)=N/OC)cc3)CC2)c(C)c1. The quantitative estimate of drug-likeness (QED) is 0.206. The highest BCUT2D eigenvalue weighted by Gasteiger charge is 2.23. The van der Waals surface area contributed by atoms with Crippen LogP contribution in [-0.4, -0.2) is 32.6 Å². The maximum atomic E-state index is 6.28. The predicted octanol–water partition coefficient (Wildman–Crippen LogP) is 6.89. The molecule has 0 atom stereocenters. The summed E-state index contributed by atoms with van der Waals surface area (Å²) in [6.45, 7) is 10.3. The van der Waals surface area contributed by atoms with Gasteiger partial charge in [0.25, 0.3) is 0 Å². The lowest BCUT2D eigenvalue weighted by Crippen LogP contribution is -2.23. The third-order valence-electron chi connectivity index (χ3n) is 6.43. The average molecular weight is 466 g/mol. The summed E-state index contributed by atoms with van der Waals surface area (Å²) in [5.74, 6) is 4.00. The van der Waals surface area contributed by atoms with Crippen molar-refractivity contribution in [3.63, 3.8) is 0 Å². The largest absolute Gasteiger partial charge is 0.493 e. The van der Waals surface area contributed by atoms with Gasteiger partial charge in [-0.25, -0.2) is 0 Å². The monoisotopic (exact) mass is 465 g/mol. The Morgan fingerprint density at radius 2 is 1.47 bits per heavy atom. The van der Waals surface area contributed by atoms with Gasteiger partial charge in [-0.2, -0.15) is 0 Å². The molecule has 2 aromatic rings. The Morgan fingerprint density at radius 1 is 0.882 bits per heavy atom. The van der Waals surface area contributed by atoms with Crippen LogP contribution in [0.15, 0.2) is 53.7 Å². The molecule has 0 N–H and O–H groups in total. The molecular weight excluding hydrogens is 426 g/mol. The van der Waals surface area contributed by atoms with E-state index in [9.17, 15) is 0 Å². The molecule has 2 aromatic carbocycles. The summed E-state index contributed by atoms with van der Waals surface area (Å²) in [6, 6.07) is 12.2. The van der Waals surface area contributed by atoms with Gasteiger partial charge >= 0.3 is 0 Å². The summed E-state index contributed by atoms with van der Waals surface area (Å²) in [7, 11) is 1.56. The predicted molar refractivity (Wildman–Crippen MR) is 138 cm³/mol. The van der Waals surface area contributed by atoms with Crippen LogP contribution in [0.2, 0.25) is 0 Å². The highest BCUT2D eigenvalue weighted by molar-refractivity contribution is 5.98. The first-order chi connectivity index (χ1) is 16.5. The Labute approximate surface area is 204 Å². The second kappa shape index (κ2) is 13.1. The molecule has 0 unspecified atom stereocenters. The van der Waals surface area contributed by atoms with Crippen molar-refractivity contribution in [3.8, 4) is 17.2 Å². The van der Waals surface area contributed by atoms with E-state index in [2.05, 4.69) is 31.1 Å². The Bertz CT molecular complexity index is 934. The molecule has 3 rings (SSSR count). The van der Waals surface area contributed by atoms with Gasteiger partial charge < -0.3 is 19.0 Å². The molecule has 0 amide bonds. The lowest BCUT2D eigenvalue weighted by Gasteiger charge is -2.29. The van der Waals surface area contributed by atoms with Gasteiger partial charge in [-0.3, -0.25) is 0 Å². The van der Waals surface area contributed by atoms with Gasteiger partial charge in [0.2, 0.25) is 0 Å². The first-order valence-corrected chi connectivity index (χ1v) is 12.3. The van der Waals surface area contributed by atoms with Crippen LogP contribution >= 0.6 is 0 Å². The lowest BCUT2D eigenvalue weighted by atomic mass is 9.83. The Kier molecular flexibility index (Phi) is 9.87. The van der Waals surface area contributed by atoms with Crippen LogP contribution in [0.5, 0.6) is 17.2 Å². The molecule has 0 aromatic heterocycles. The van der Waals surface area contributed by atoms with Crippen molar-refractivity contribution >= 4 is 5.71 Å². The van der Waals surface area contributed by atoms with E-state index >= 15 is 0 Å².